The van der Waals surface area contributed by atoms with Crippen LogP contribution in [0.4, 0.5) is 4.79 Å². The maximum atomic E-state index is 12.2. The number of amides is 1. The lowest BCUT2D eigenvalue weighted by Crippen LogP contribution is -2.50. The second kappa shape index (κ2) is 4.56. The van der Waals surface area contributed by atoms with Gasteiger partial charge in [-0.2, -0.15) is 0 Å². The predicted molar refractivity (Wildman–Crippen MR) is 68.3 cm³/mol. The summed E-state index contributed by atoms with van der Waals surface area (Å²) in [7, 11) is 0. The first-order valence-corrected chi connectivity index (χ1v) is 6.87. The van der Waals surface area contributed by atoms with Gasteiger partial charge in [-0.05, 0) is 46.0 Å². The van der Waals surface area contributed by atoms with E-state index in [2.05, 4.69) is 0 Å². The third-order valence-electron chi connectivity index (χ3n) is 3.87. The first-order chi connectivity index (χ1) is 8.33. The molecule has 1 saturated carbocycles. The summed E-state index contributed by atoms with van der Waals surface area (Å²) in [6.45, 7) is 7.43. The van der Waals surface area contributed by atoms with E-state index in [0.717, 1.165) is 19.3 Å². The normalized spacial score (nSPS) is 30.7. The van der Waals surface area contributed by atoms with Crippen molar-refractivity contribution in [3.05, 3.63) is 0 Å². The predicted octanol–water partition coefficient (Wildman–Crippen LogP) is 2.75. The summed E-state index contributed by atoms with van der Waals surface area (Å²) < 4.78 is 5.43. The highest BCUT2D eigenvalue weighted by atomic mass is 16.6. The lowest BCUT2D eigenvalue weighted by molar-refractivity contribution is -0.125. The molecule has 2 aliphatic rings. The second-order valence-electron chi connectivity index (χ2n) is 6.38. The zero-order valence-corrected chi connectivity index (χ0v) is 11.7. The molecule has 4 heteroatoms. The molecule has 1 heterocycles. The Labute approximate surface area is 109 Å². The van der Waals surface area contributed by atoms with Gasteiger partial charge < -0.3 is 4.74 Å². The fourth-order valence-corrected chi connectivity index (χ4v) is 3.19. The molecule has 2 bridgehead atoms. The fourth-order valence-electron chi connectivity index (χ4n) is 3.19. The highest BCUT2D eigenvalue weighted by Gasteiger charge is 2.51. The van der Waals surface area contributed by atoms with Crippen LogP contribution in [0.5, 0.6) is 0 Å². The number of hydrogen-bond acceptors (Lipinski definition) is 3. The van der Waals surface area contributed by atoms with Gasteiger partial charge in [0.2, 0.25) is 0 Å². The van der Waals surface area contributed by atoms with Gasteiger partial charge in [-0.15, -0.1) is 0 Å². The third kappa shape index (κ3) is 2.38. The molecule has 4 nitrogen and oxygen atoms in total. The number of ketones is 1. The molecule has 0 aromatic carbocycles. The van der Waals surface area contributed by atoms with Gasteiger partial charge in [0.15, 0.2) is 5.78 Å². The molecule has 0 aromatic heterocycles. The molecule has 3 atom stereocenters. The third-order valence-corrected chi connectivity index (χ3v) is 3.87. The van der Waals surface area contributed by atoms with Crippen molar-refractivity contribution < 1.29 is 14.3 Å². The molecular weight excluding hydrogens is 230 g/mol. The minimum absolute atomic E-state index is 0.174. The number of carbonyl (C=O) groups is 2. The summed E-state index contributed by atoms with van der Waals surface area (Å²) in [4.78, 5) is 26.0. The number of rotatable bonds is 2. The molecule has 2 fully saturated rings. The largest absolute Gasteiger partial charge is 0.444 e. The van der Waals surface area contributed by atoms with Gasteiger partial charge in [-0.1, -0.05) is 6.92 Å². The maximum absolute atomic E-state index is 12.2. The van der Waals surface area contributed by atoms with Gasteiger partial charge >= 0.3 is 6.09 Å². The molecule has 102 valence electrons. The van der Waals surface area contributed by atoms with Crippen molar-refractivity contribution in [2.75, 3.05) is 0 Å². The molecule has 1 aliphatic carbocycles. The molecule has 1 amide bonds. The Morgan fingerprint density at radius 2 is 1.94 bits per heavy atom. The second-order valence-corrected chi connectivity index (χ2v) is 6.38. The number of ether oxygens (including phenoxy) is 1. The summed E-state index contributed by atoms with van der Waals surface area (Å²) >= 11 is 0. The molecule has 0 spiro atoms. The average Bonchev–Trinajstić information content (AvgIpc) is 2.84. The highest BCUT2D eigenvalue weighted by Crippen LogP contribution is 2.43. The Morgan fingerprint density at radius 1 is 1.28 bits per heavy atom. The molecule has 0 N–H and O–H groups in total. The van der Waals surface area contributed by atoms with E-state index < -0.39 is 5.60 Å². The number of fused-ring (bicyclic) bond motifs is 2. The van der Waals surface area contributed by atoms with Gasteiger partial charge in [0, 0.05) is 12.5 Å². The fraction of sp³-hybridized carbons (Fsp3) is 0.857. The number of carbonyl (C=O) groups excluding carboxylic acids is 2. The first kappa shape index (κ1) is 13.4. The van der Waals surface area contributed by atoms with Crippen LogP contribution < -0.4 is 0 Å². The van der Waals surface area contributed by atoms with E-state index >= 15 is 0 Å². The molecule has 18 heavy (non-hydrogen) atoms. The van der Waals surface area contributed by atoms with Crippen molar-refractivity contribution in [2.24, 2.45) is 5.92 Å². The minimum atomic E-state index is -0.501. The summed E-state index contributed by atoms with van der Waals surface area (Å²) in [5.74, 6) is 0.531. The number of likely N-dealkylation sites (tertiary alicyclic amines) is 1. The zero-order valence-electron chi connectivity index (χ0n) is 11.7. The van der Waals surface area contributed by atoms with Gasteiger partial charge in [0.25, 0.3) is 0 Å². The Bertz CT molecular complexity index is 359. The van der Waals surface area contributed by atoms with Crippen molar-refractivity contribution in [2.45, 2.75) is 71.1 Å². The minimum Gasteiger partial charge on any atom is -0.444 e. The van der Waals surface area contributed by atoms with Gasteiger partial charge in [-0.25, -0.2) is 4.79 Å². The Morgan fingerprint density at radius 3 is 2.50 bits per heavy atom. The van der Waals surface area contributed by atoms with Crippen molar-refractivity contribution in [1.29, 1.82) is 0 Å². The van der Waals surface area contributed by atoms with Gasteiger partial charge in [-0.3, -0.25) is 9.69 Å². The van der Waals surface area contributed by atoms with E-state index in [0.29, 0.717) is 12.3 Å². The standard InChI is InChI=1S/C14H23NO3/c1-5-11(16)12-9-6-7-10(8-9)15(12)13(17)18-14(2,3)4/h9-10,12H,5-8H2,1-4H3/t9-,10+,12-/m0/s1. The quantitative estimate of drug-likeness (QED) is 0.760. The summed E-state index contributed by atoms with van der Waals surface area (Å²) in [5, 5.41) is 0. The zero-order chi connectivity index (χ0) is 13.5. The number of nitrogens with zero attached hydrogens (tertiary/aromatic N) is 1. The number of piperidine rings is 1. The van der Waals surface area contributed by atoms with E-state index in [-0.39, 0.29) is 24.0 Å². The van der Waals surface area contributed by atoms with Crippen molar-refractivity contribution in [3.8, 4) is 0 Å². The van der Waals surface area contributed by atoms with E-state index in [1.165, 1.54) is 0 Å². The van der Waals surface area contributed by atoms with E-state index in [9.17, 15) is 9.59 Å². The Kier molecular flexibility index (Phi) is 3.39. The van der Waals surface area contributed by atoms with Crippen LogP contribution in [0.1, 0.15) is 53.4 Å². The average molecular weight is 253 g/mol. The van der Waals surface area contributed by atoms with Crippen molar-refractivity contribution >= 4 is 11.9 Å². The van der Waals surface area contributed by atoms with Crippen LogP contribution in [0.15, 0.2) is 0 Å². The summed E-state index contributed by atoms with van der Waals surface area (Å²) in [6, 6.07) is -0.0195. The van der Waals surface area contributed by atoms with Crippen LogP contribution in [0, 0.1) is 5.92 Å². The molecule has 1 saturated heterocycles. The smallest absolute Gasteiger partial charge is 0.411 e. The van der Waals surface area contributed by atoms with E-state index in [4.69, 9.17) is 4.74 Å². The first-order valence-electron chi connectivity index (χ1n) is 6.87. The van der Waals surface area contributed by atoms with Crippen LogP contribution in [0.3, 0.4) is 0 Å². The lowest BCUT2D eigenvalue weighted by Gasteiger charge is -2.35. The molecule has 1 aliphatic heterocycles. The molecule has 2 rings (SSSR count). The van der Waals surface area contributed by atoms with Crippen LogP contribution in [0.25, 0.3) is 0 Å². The van der Waals surface area contributed by atoms with Gasteiger partial charge in [0.05, 0.1) is 6.04 Å². The molecular formula is C14H23NO3. The topological polar surface area (TPSA) is 46.6 Å². The molecule has 0 unspecified atom stereocenters. The maximum Gasteiger partial charge on any atom is 0.411 e. The van der Waals surface area contributed by atoms with Crippen molar-refractivity contribution in [1.82, 2.24) is 4.90 Å². The van der Waals surface area contributed by atoms with Crippen LogP contribution in [0.2, 0.25) is 0 Å². The monoisotopic (exact) mass is 253 g/mol. The molecule has 0 radical (unpaired) electrons. The van der Waals surface area contributed by atoms with Crippen LogP contribution >= 0.6 is 0 Å². The Balaban J connectivity index is 2.14. The number of hydrogen-bond donors (Lipinski definition) is 0. The lowest BCUT2D eigenvalue weighted by atomic mass is 9.94. The number of Topliss-reactive ketones (excluding diaryl/α,β-unsaturated/α-hetero) is 1. The van der Waals surface area contributed by atoms with Crippen LogP contribution in [-0.4, -0.2) is 34.5 Å². The molecule has 0 aromatic rings. The Hall–Kier alpha value is -1.06. The van der Waals surface area contributed by atoms with E-state index in [1.807, 2.05) is 27.7 Å². The van der Waals surface area contributed by atoms with E-state index in [1.54, 1.807) is 4.90 Å². The van der Waals surface area contributed by atoms with Crippen LogP contribution in [-0.2, 0) is 9.53 Å². The SMILES string of the molecule is CCC(=O)[C@@H]1[C@H]2CC[C@H](C2)N1C(=O)OC(C)(C)C. The summed E-state index contributed by atoms with van der Waals surface area (Å²) in [6.07, 6.45) is 3.22. The summed E-state index contributed by atoms with van der Waals surface area (Å²) in [5.41, 5.74) is -0.501. The van der Waals surface area contributed by atoms with Gasteiger partial charge in [0.1, 0.15) is 5.60 Å². The van der Waals surface area contributed by atoms with Crippen molar-refractivity contribution in [3.63, 3.8) is 0 Å². The highest BCUT2D eigenvalue weighted by molar-refractivity contribution is 5.88.